The van der Waals surface area contributed by atoms with E-state index in [1.54, 1.807) is 31.6 Å². The number of rotatable bonds is 4. The second kappa shape index (κ2) is 5.99. The van der Waals surface area contributed by atoms with E-state index >= 15 is 0 Å². The number of benzene rings is 1. The van der Waals surface area contributed by atoms with Gasteiger partial charge in [-0.1, -0.05) is 17.7 Å². The minimum atomic E-state index is -0.358. The van der Waals surface area contributed by atoms with E-state index in [0.29, 0.717) is 17.2 Å². The van der Waals surface area contributed by atoms with Crippen LogP contribution in [0.3, 0.4) is 0 Å². The van der Waals surface area contributed by atoms with Crippen LogP contribution in [-0.4, -0.2) is 12.1 Å². The molecular weight excluding hydrogens is 267 g/mol. The molecule has 5 heteroatoms. The molecule has 0 saturated heterocycles. The highest BCUT2D eigenvalue weighted by atomic mass is 35.5. The molecule has 1 aromatic carbocycles. The van der Waals surface area contributed by atoms with Crippen LogP contribution in [0.15, 0.2) is 36.7 Å². The summed E-state index contributed by atoms with van der Waals surface area (Å²) >= 11 is 6.00. The van der Waals surface area contributed by atoms with Crippen LogP contribution in [0.2, 0.25) is 5.02 Å². The van der Waals surface area contributed by atoms with E-state index in [2.05, 4.69) is 4.98 Å². The first-order valence-electron chi connectivity index (χ1n) is 5.79. The first-order chi connectivity index (χ1) is 9.11. The van der Waals surface area contributed by atoms with Gasteiger partial charge in [0, 0.05) is 22.8 Å². The summed E-state index contributed by atoms with van der Waals surface area (Å²) in [7, 11) is 1.57. The van der Waals surface area contributed by atoms with Gasteiger partial charge in [0.2, 0.25) is 0 Å². The van der Waals surface area contributed by atoms with Crippen molar-refractivity contribution in [2.24, 2.45) is 5.73 Å². The molecule has 2 rings (SSSR count). The molecule has 0 radical (unpaired) electrons. The van der Waals surface area contributed by atoms with Crippen LogP contribution >= 0.6 is 11.6 Å². The molecule has 1 aromatic heterocycles. The van der Waals surface area contributed by atoms with Gasteiger partial charge >= 0.3 is 0 Å². The molecule has 2 aromatic rings. The summed E-state index contributed by atoms with van der Waals surface area (Å²) in [5.74, 6) is 0.275. The van der Waals surface area contributed by atoms with E-state index in [-0.39, 0.29) is 11.9 Å². The van der Waals surface area contributed by atoms with Crippen LogP contribution in [0.25, 0.3) is 0 Å². The zero-order valence-corrected chi connectivity index (χ0v) is 11.2. The Morgan fingerprint density at radius 2 is 2.21 bits per heavy atom. The number of nitrogens with zero attached hydrogens (tertiary/aromatic N) is 1. The molecule has 0 amide bonds. The fraction of sp³-hybridized carbons (Fsp3) is 0.214. The lowest BCUT2D eigenvalue weighted by Gasteiger charge is -2.16. The monoisotopic (exact) mass is 280 g/mol. The topological polar surface area (TPSA) is 48.1 Å². The molecule has 1 heterocycles. The van der Waals surface area contributed by atoms with Crippen molar-refractivity contribution in [3.63, 3.8) is 0 Å². The molecule has 0 aliphatic heterocycles. The predicted molar refractivity (Wildman–Crippen MR) is 72.8 cm³/mol. The molecular formula is C14H14ClFN2O. The highest BCUT2D eigenvalue weighted by Crippen LogP contribution is 2.27. The van der Waals surface area contributed by atoms with Gasteiger partial charge in [-0.25, -0.2) is 4.39 Å². The quantitative estimate of drug-likeness (QED) is 0.936. The Balaban J connectivity index is 2.23. The second-order valence-corrected chi connectivity index (χ2v) is 4.57. The average Bonchev–Trinajstić information content (AvgIpc) is 2.41. The fourth-order valence-electron chi connectivity index (χ4n) is 1.90. The maximum Gasteiger partial charge on any atom is 0.141 e. The molecule has 0 aliphatic carbocycles. The van der Waals surface area contributed by atoms with Gasteiger partial charge in [0.1, 0.15) is 11.6 Å². The Labute approximate surface area is 116 Å². The first kappa shape index (κ1) is 13.8. The van der Waals surface area contributed by atoms with Crippen LogP contribution in [-0.2, 0) is 6.42 Å². The minimum absolute atomic E-state index is 0.291. The summed E-state index contributed by atoms with van der Waals surface area (Å²) in [5, 5.41) is 0.378. The van der Waals surface area contributed by atoms with Crippen LogP contribution in [0.5, 0.6) is 5.75 Å². The van der Waals surface area contributed by atoms with E-state index in [4.69, 9.17) is 22.1 Å². The summed E-state index contributed by atoms with van der Waals surface area (Å²) < 4.78 is 18.2. The van der Waals surface area contributed by atoms with Crippen molar-refractivity contribution in [3.05, 3.63) is 58.6 Å². The smallest absolute Gasteiger partial charge is 0.141 e. The summed E-state index contributed by atoms with van der Waals surface area (Å²) in [5.41, 5.74) is 7.80. The molecule has 2 N–H and O–H groups in total. The molecule has 0 fully saturated rings. The third-order valence-corrected chi connectivity index (χ3v) is 3.24. The van der Waals surface area contributed by atoms with E-state index in [9.17, 15) is 4.39 Å². The third-order valence-electron chi connectivity index (χ3n) is 2.89. The minimum Gasteiger partial charge on any atom is -0.495 e. The summed E-state index contributed by atoms with van der Waals surface area (Å²) in [4.78, 5) is 3.98. The average molecular weight is 281 g/mol. The van der Waals surface area contributed by atoms with Crippen molar-refractivity contribution in [2.75, 3.05) is 7.11 Å². The Morgan fingerprint density at radius 3 is 2.89 bits per heavy atom. The molecule has 19 heavy (non-hydrogen) atoms. The van der Waals surface area contributed by atoms with Crippen molar-refractivity contribution in [1.82, 2.24) is 4.98 Å². The number of nitrogens with two attached hydrogens (primary N) is 1. The SMILES string of the molecule is COc1cnccc1C(N)Cc1ccc(F)cc1Cl. The van der Waals surface area contributed by atoms with Gasteiger partial charge in [-0.05, 0) is 30.2 Å². The van der Waals surface area contributed by atoms with Gasteiger partial charge in [-0.15, -0.1) is 0 Å². The van der Waals surface area contributed by atoms with Gasteiger partial charge in [0.15, 0.2) is 0 Å². The maximum absolute atomic E-state index is 13.0. The normalized spacial score (nSPS) is 12.2. The van der Waals surface area contributed by atoms with Crippen molar-refractivity contribution in [3.8, 4) is 5.75 Å². The van der Waals surface area contributed by atoms with Crippen LogP contribution in [0.4, 0.5) is 4.39 Å². The largest absolute Gasteiger partial charge is 0.495 e. The van der Waals surface area contributed by atoms with Crippen molar-refractivity contribution in [2.45, 2.75) is 12.5 Å². The zero-order valence-electron chi connectivity index (χ0n) is 10.4. The van der Waals surface area contributed by atoms with Gasteiger partial charge in [0.25, 0.3) is 0 Å². The van der Waals surface area contributed by atoms with E-state index < -0.39 is 0 Å². The number of pyridine rings is 1. The lowest BCUT2D eigenvalue weighted by Crippen LogP contribution is -2.15. The highest BCUT2D eigenvalue weighted by Gasteiger charge is 2.14. The molecule has 0 spiro atoms. The first-order valence-corrected chi connectivity index (χ1v) is 6.17. The maximum atomic E-state index is 13.0. The summed E-state index contributed by atoms with van der Waals surface area (Å²) in [6, 6.07) is 5.82. The van der Waals surface area contributed by atoms with E-state index in [0.717, 1.165) is 11.1 Å². The Kier molecular flexibility index (Phi) is 4.35. The number of halogens is 2. The van der Waals surface area contributed by atoms with Gasteiger partial charge < -0.3 is 10.5 Å². The lowest BCUT2D eigenvalue weighted by atomic mass is 10.00. The number of hydrogen-bond acceptors (Lipinski definition) is 3. The molecule has 0 bridgehead atoms. The lowest BCUT2D eigenvalue weighted by molar-refractivity contribution is 0.403. The number of aromatic nitrogens is 1. The molecule has 1 unspecified atom stereocenters. The molecule has 0 saturated carbocycles. The van der Waals surface area contributed by atoms with Crippen LogP contribution < -0.4 is 10.5 Å². The second-order valence-electron chi connectivity index (χ2n) is 4.16. The Hall–Kier alpha value is -1.65. The summed E-state index contributed by atoms with van der Waals surface area (Å²) in [6.07, 6.45) is 3.77. The van der Waals surface area contributed by atoms with Gasteiger partial charge in [-0.3, -0.25) is 4.98 Å². The van der Waals surface area contributed by atoms with Gasteiger partial charge in [0.05, 0.1) is 13.3 Å². The molecule has 1 atom stereocenters. The third kappa shape index (κ3) is 3.22. The highest BCUT2D eigenvalue weighted by molar-refractivity contribution is 6.31. The number of ether oxygens (including phenoxy) is 1. The van der Waals surface area contributed by atoms with Crippen molar-refractivity contribution >= 4 is 11.6 Å². The van der Waals surface area contributed by atoms with Crippen LogP contribution in [0.1, 0.15) is 17.2 Å². The van der Waals surface area contributed by atoms with Crippen LogP contribution in [0, 0.1) is 5.82 Å². The van der Waals surface area contributed by atoms with E-state index in [1.807, 2.05) is 0 Å². The predicted octanol–water partition coefficient (Wildman–Crippen LogP) is 3.13. The van der Waals surface area contributed by atoms with Crippen molar-refractivity contribution < 1.29 is 9.13 Å². The Bertz CT molecular complexity index is 577. The Morgan fingerprint density at radius 1 is 1.42 bits per heavy atom. The summed E-state index contributed by atoms with van der Waals surface area (Å²) in [6.45, 7) is 0. The zero-order chi connectivity index (χ0) is 13.8. The standard InChI is InChI=1S/C14H14ClFN2O/c1-19-14-8-18-5-4-11(14)13(17)6-9-2-3-10(16)7-12(9)15/h2-5,7-8,13H,6,17H2,1H3. The molecule has 100 valence electrons. The molecule has 0 aliphatic rings. The fourth-order valence-corrected chi connectivity index (χ4v) is 2.15. The van der Waals surface area contributed by atoms with Crippen molar-refractivity contribution in [1.29, 1.82) is 0 Å². The van der Waals surface area contributed by atoms with Gasteiger partial charge in [-0.2, -0.15) is 0 Å². The van der Waals surface area contributed by atoms with E-state index in [1.165, 1.54) is 12.1 Å². The molecule has 3 nitrogen and oxygen atoms in total. The number of hydrogen-bond donors (Lipinski definition) is 1. The number of methoxy groups -OCH3 is 1.